The molecular weight excluding hydrogens is 304 g/mol. The van der Waals surface area contributed by atoms with E-state index in [1.54, 1.807) is 19.0 Å². The maximum atomic E-state index is 11.6. The first-order valence-electron chi connectivity index (χ1n) is 8.22. The fraction of sp³-hybridized carbons (Fsp3) is 0.444. The molecule has 0 aliphatic heterocycles. The highest BCUT2D eigenvalue weighted by Crippen LogP contribution is 2.25. The van der Waals surface area contributed by atoms with Gasteiger partial charge in [-0.2, -0.15) is 0 Å². The SMILES string of the molecule is CCNC(=NCc1oc2ccccc2c1C)NCCC(=O)N(C)C. The van der Waals surface area contributed by atoms with Gasteiger partial charge in [-0.25, -0.2) is 4.99 Å². The smallest absolute Gasteiger partial charge is 0.223 e. The van der Waals surface area contributed by atoms with Crippen LogP contribution in [0.4, 0.5) is 0 Å². The average molecular weight is 330 g/mol. The van der Waals surface area contributed by atoms with Crippen LogP contribution in [0.5, 0.6) is 0 Å². The van der Waals surface area contributed by atoms with Gasteiger partial charge in [0.25, 0.3) is 0 Å². The maximum absolute atomic E-state index is 11.6. The molecule has 2 rings (SSSR count). The van der Waals surface area contributed by atoms with E-state index in [9.17, 15) is 4.79 Å². The molecule has 1 aromatic carbocycles. The minimum atomic E-state index is 0.0893. The fourth-order valence-corrected chi connectivity index (χ4v) is 2.38. The van der Waals surface area contributed by atoms with Crippen LogP contribution >= 0.6 is 0 Å². The van der Waals surface area contributed by atoms with Crippen molar-refractivity contribution in [3.63, 3.8) is 0 Å². The van der Waals surface area contributed by atoms with Crippen LogP contribution in [0.25, 0.3) is 11.0 Å². The first-order valence-corrected chi connectivity index (χ1v) is 8.22. The number of para-hydroxylation sites is 1. The molecule has 0 aliphatic carbocycles. The normalized spacial score (nSPS) is 11.6. The van der Waals surface area contributed by atoms with E-state index in [1.807, 2.05) is 32.0 Å². The van der Waals surface area contributed by atoms with E-state index in [0.29, 0.717) is 25.5 Å². The zero-order valence-corrected chi connectivity index (χ0v) is 14.8. The summed E-state index contributed by atoms with van der Waals surface area (Å²) in [5.41, 5.74) is 2.00. The Morgan fingerprint density at radius 1 is 1.25 bits per heavy atom. The lowest BCUT2D eigenvalue weighted by Crippen LogP contribution is -2.39. The lowest BCUT2D eigenvalue weighted by atomic mass is 10.1. The standard InChI is InChI=1S/C18H26N4O2/c1-5-19-18(20-11-10-17(23)22(3)4)21-12-16-13(2)14-8-6-7-9-15(14)24-16/h6-9H,5,10-12H2,1-4H3,(H2,19,20,21). The number of nitrogens with zero attached hydrogens (tertiary/aromatic N) is 2. The molecule has 1 aromatic heterocycles. The quantitative estimate of drug-likeness (QED) is 0.630. The van der Waals surface area contributed by atoms with Gasteiger partial charge in [0.1, 0.15) is 17.9 Å². The third-order valence-corrected chi connectivity index (χ3v) is 3.80. The average Bonchev–Trinajstić information content (AvgIpc) is 2.89. The monoisotopic (exact) mass is 330 g/mol. The van der Waals surface area contributed by atoms with Crippen LogP contribution in [0.2, 0.25) is 0 Å². The van der Waals surface area contributed by atoms with Crippen LogP contribution in [-0.2, 0) is 11.3 Å². The number of nitrogens with one attached hydrogen (secondary N) is 2. The molecule has 0 spiro atoms. The maximum Gasteiger partial charge on any atom is 0.223 e. The summed E-state index contributed by atoms with van der Waals surface area (Å²) >= 11 is 0. The van der Waals surface area contributed by atoms with Crippen molar-refractivity contribution in [3.8, 4) is 0 Å². The molecule has 0 saturated heterocycles. The van der Waals surface area contributed by atoms with E-state index >= 15 is 0 Å². The number of guanidine groups is 1. The summed E-state index contributed by atoms with van der Waals surface area (Å²) in [4.78, 5) is 17.8. The number of carbonyl (C=O) groups excluding carboxylic acids is 1. The van der Waals surface area contributed by atoms with Gasteiger partial charge in [-0.05, 0) is 19.9 Å². The molecule has 0 saturated carbocycles. The molecule has 1 amide bonds. The summed E-state index contributed by atoms with van der Waals surface area (Å²) < 4.78 is 5.88. The Morgan fingerprint density at radius 3 is 2.67 bits per heavy atom. The van der Waals surface area contributed by atoms with Crippen molar-refractivity contribution in [2.75, 3.05) is 27.2 Å². The van der Waals surface area contributed by atoms with Crippen LogP contribution in [0.15, 0.2) is 33.7 Å². The Morgan fingerprint density at radius 2 is 2.00 bits per heavy atom. The molecule has 0 atom stereocenters. The molecule has 0 bridgehead atoms. The van der Waals surface area contributed by atoms with E-state index in [4.69, 9.17) is 4.42 Å². The minimum absolute atomic E-state index is 0.0893. The number of hydrogen-bond acceptors (Lipinski definition) is 3. The summed E-state index contributed by atoms with van der Waals surface area (Å²) in [5.74, 6) is 1.63. The molecule has 2 aromatic rings. The molecule has 0 fully saturated rings. The Balaban J connectivity index is 2.01. The van der Waals surface area contributed by atoms with Gasteiger partial charge in [0.2, 0.25) is 5.91 Å². The predicted octanol–water partition coefficient (Wildman–Crippen LogP) is 2.27. The Hall–Kier alpha value is -2.50. The minimum Gasteiger partial charge on any atom is -0.459 e. The number of fused-ring (bicyclic) bond motifs is 1. The van der Waals surface area contributed by atoms with E-state index < -0.39 is 0 Å². The van der Waals surface area contributed by atoms with E-state index in [-0.39, 0.29) is 5.91 Å². The molecule has 0 radical (unpaired) electrons. The van der Waals surface area contributed by atoms with Crippen molar-refractivity contribution in [1.82, 2.24) is 15.5 Å². The zero-order valence-electron chi connectivity index (χ0n) is 14.8. The zero-order chi connectivity index (χ0) is 17.5. The van der Waals surface area contributed by atoms with Gasteiger partial charge in [-0.15, -0.1) is 0 Å². The van der Waals surface area contributed by atoms with Gasteiger partial charge in [-0.3, -0.25) is 4.79 Å². The van der Waals surface area contributed by atoms with Crippen LogP contribution < -0.4 is 10.6 Å². The third-order valence-electron chi connectivity index (χ3n) is 3.80. The molecule has 2 N–H and O–H groups in total. The van der Waals surface area contributed by atoms with Gasteiger partial charge < -0.3 is 20.0 Å². The van der Waals surface area contributed by atoms with Crippen molar-refractivity contribution < 1.29 is 9.21 Å². The Kier molecular flexibility index (Phi) is 6.23. The van der Waals surface area contributed by atoms with Crippen molar-refractivity contribution in [2.45, 2.75) is 26.8 Å². The van der Waals surface area contributed by atoms with Crippen molar-refractivity contribution in [2.24, 2.45) is 4.99 Å². The number of furan rings is 1. The molecule has 24 heavy (non-hydrogen) atoms. The second-order valence-corrected chi connectivity index (χ2v) is 5.81. The van der Waals surface area contributed by atoms with Crippen LogP contribution in [0, 0.1) is 6.92 Å². The molecule has 1 heterocycles. The Labute approximate surface area is 142 Å². The highest BCUT2D eigenvalue weighted by atomic mass is 16.3. The topological polar surface area (TPSA) is 69.9 Å². The second kappa shape index (κ2) is 8.38. The van der Waals surface area contributed by atoms with E-state index in [1.165, 1.54) is 0 Å². The summed E-state index contributed by atoms with van der Waals surface area (Å²) in [5, 5.41) is 7.48. The molecule has 0 aliphatic rings. The van der Waals surface area contributed by atoms with Gasteiger partial charge in [-0.1, -0.05) is 18.2 Å². The summed E-state index contributed by atoms with van der Waals surface area (Å²) in [6.07, 6.45) is 0.432. The van der Waals surface area contributed by atoms with Crippen molar-refractivity contribution in [3.05, 3.63) is 35.6 Å². The highest BCUT2D eigenvalue weighted by Gasteiger charge is 2.10. The third kappa shape index (κ3) is 4.50. The number of carbonyl (C=O) groups is 1. The van der Waals surface area contributed by atoms with Gasteiger partial charge in [0, 0.05) is 44.6 Å². The van der Waals surface area contributed by atoms with Crippen LogP contribution in [0.1, 0.15) is 24.7 Å². The first kappa shape index (κ1) is 17.8. The number of hydrogen-bond donors (Lipinski definition) is 2. The highest BCUT2D eigenvalue weighted by molar-refractivity contribution is 5.83. The van der Waals surface area contributed by atoms with Gasteiger partial charge in [0.15, 0.2) is 5.96 Å². The molecule has 6 nitrogen and oxygen atoms in total. The van der Waals surface area contributed by atoms with E-state index in [2.05, 4.69) is 21.7 Å². The largest absolute Gasteiger partial charge is 0.459 e. The van der Waals surface area contributed by atoms with Gasteiger partial charge >= 0.3 is 0 Å². The molecule has 6 heteroatoms. The fourth-order valence-electron chi connectivity index (χ4n) is 2.38. The number of amides is 1. The second-order valence-electron chi connectivity index (χ2n) is 5.81. The Bertz CT molecular complexity index is 719. The van der Waals surface area contributed by atoms with Gasteiger partial charge in [0.05, 0.1) is 0 Å². The lowest BCUT2D eigenvalue weighted by molar-refractivity contribution is -0.128. The van der Waals surface area contributed by atoms with Crippen molar-refractivity contribution in [1.29, 1.82) is 0 Å². The molecule has 0 unspecified atom stereocenters. The summed E-state index contributed by atoms with van der Waals surface area (Å²) in [6.45, 7) is 5.81. The summed E-state index contributed by atoms with van der Waals surface area (Å²) in [6, 6.07) is 7.99. The summed E-state index contributed by atoms with van der Waals surface area (Å²) in [7, 11) is 3.51. The van der Waals surface area contributed by atoms with Crippen molar-refractivity contribution >= 4 is 22.8 Å². The predicted molar refractivity (Wildman–Crippen MR) is 97.1 cm³/mol. The number of rotatable bonds is 6. The first-order chi connectivity index (χ1) is 11.5. The van der Waals surface area contributed by atoms with Crippen LogP contribution in [-0.4, -0.2) is 44.0 Å². The molecular formula is C18H26N4O2. The number of aryl methyl sites for hydroxylation is 1. The lowest BCUT2D eigenvalue weighted by Gasteiger charge is -2.13. The number of benzene rings is 1. The number of aliphatic imine (C=N–C) groups is 1. The van der Waals surface area contributed by atoms with Crippen LogP contribution in [0.3, 0.4) is 0 Å². The molecule has 130 valence electrons. The van der Waals surface area contributed by atoms with E-state index in [0.717, 1.165) is 28.8 Å².